The molecular formula is C11H16N2O2. The van der Waals surface area contributed by atoms with Gasteiger partial charge < -0.3 is 15.7 Å². The van der Waals surface area contributed by atoms with Gasteiger partial charge in [0, 0.05) is 13.6 Å². The molecule has 0 saturated carbocycles. The number of nitrogens with zero attached hydrogens (tertiary/aromatic N) is 1. The minimum absolute atomic E-state index is 0.113. The minimum atomic E-state index is -0.493. The summed E-state index contributed by atoms with van der Waals surface area (Å²) in [5.41, 5.74) is 6.36. The Morgan fingerprint density at radius 3 is 2.80 bits per heavy atom. The molecule has 0 aromatic heterocycles. The zero-order valence-electron chi connectivity index (χ0n) is 8.97. The van der Waals surface area contributed by atoms with Gasteiger partial charge in [-0.05, 0) is 24.6 Å². The fourth-order valence-corrected chi connectivity index (χ4v) is 1.35. The van der Waals surface area contributed by atoms with Crippen molar-refractivity contribution < 1.29 is 9.90 Å². The van der Waals surface area contributed by atoms with Crippen molar-refractivity contribution >= 4 is 5.91 Å². The third-order valence-electron chi connectivity index (χ3n) is 2.10. The van der Waals surface area contributed by atoms with Crippen molar-refractivity contribution in [2.75, 3.05) is 7.05 Å². The van der Waals surface area contributed by atoms with Gasteiger partial charge in [0.2, 0.25) is 5.91 Å². The Hall–Kier alpha value is -1.55. The number of carbonyl (C=O) groups is 1. The average Bonchev–Trinajstić information content (AvgIpc) is 2.16. The van der Waals surface area contributed by atoms with Gasteiger partial charge in [-0.3, -0.25) is 4.79 Å². The molecule has 0 spiro atoms. The van der Waals surface area contributed by atoms with Crippen LogP contribution in [0.3, 0.4) is 0 Å². The van der Waals surface area contributed by atoms with Crippen molar-refractivity contribution in [3.8, 4) is 5.75 Å². The van der Waals surface area contributed by atoms with Crippen LogP contribution in [0.4, 0.5) is 0 Å². The van der Waals surface area contributed by atoms with Gasteiger partial charge in [-0.2, -0.15) is 0 Å². The normalized spacial score (nSPS) is 12.2. The molecular weight excluding hydrogens is 192 g/mol. The van der Waals surface area contributed by atoms with Crippen molar-refractivity contribution in [2.24, 2.45) is 5.73 Å². The van der Waals surface area contributed by atoms with Gasteiger partial charge >= 0.3 is 0 Å². The number of rotatable bonds is 3. The number of phenols is 1. The SMILES string of the molecule is CC(N)C(=O)N(C)Cc1cccc(O)c1. The number of phenolic OH excluding ortho intramolecular Hbond substituents is 1. The van der Waals surface area contributed by atoms with E-state index in [9.17, 15) is 9.90 Å². The third-order valence-corrected chi connectivity index (χ3v) is 2.10. The second-order valence-electron chi connectivity index (χ2n) is 3.65. The van der Waals surface area contributed by atoms with E-state index in [4.69, 9.17) is 5.73 Å². The molecule has 0 heterocycles. The molecule has 1 unspecified atom stereocenters. The first-order valence-corrected chi connectivity index (χ1v) is 4.79. The van der Waals surface area contributed by atoms with Gasteiger partial charge in [-0.1, -0.05) is 12.1 Å². The lowest BCUT2D eigenvalue weighted by Crippen LogP contribution is -2.39. The van der Waals surface area contributed by atoms with Crippen LogP contribution < -0.4 is 5.73 Å². The highest BCUT2D eigenvalue weighted by atomic mass is 16.3. The molecule has 82 valence electrons. The number of hydrogen-bond donors (Lipinski definition) is 2. The van der Waals surface area contributed by atoms with Crippen LogP contribution in [-0.4, -0.2) is 29.0 Å². The van der Waals surface area contributed by atoms with E-state index in [-0.39, 0.29) is 11.7 Å². The van der Waals surface area contributed by atoms with Gasteiger partial charge in [-0.15, -0.1) is 0 Å². The first-order valence-electron chi connectivity index (χ1n) is 4.79. The highest BCUT2D eigenvalue weighted by molar-refractivity contribution is 5.80. The summed E-state index contributed by atoms with van der Waals surface area (Å²) in [6.45, 7) is 2.11. The van der Waals surface area contributed by atoms with E-state index < -0.39 is 6.04 Å². The van der Waals surface area contributed by atoms with Gasteiger partial charge in [0.25, 0.3) is 0 Å². The van der Waals surface area contributed by atoms with Crippen LogP contribution in [0.1, 0.15) is 12.5 Å². The van der Waals surface area contributed by atoms with E-state index in [1.54, 1.807) is 37.1 Å². The number of amides is 1. The van der Waals surface area contributed by atoms with E-state index in [0.717, 1.165) is 5.56 Å². The second-order valence-corrected chi connectivity index (χ2v) is 3.65. The molecule has 0 fully saturated rings. The Morgan fingerprint density at radius 1 is 1.60 bits per heavy atom. The third kappa shape index (κ3) is 3.25. The fraction of sp³-hybridized carbons (Fsp3) is 0.364. The van der Waals surface area contributed by atoms with Crippen LogP contribution in [0.15, 0.2) is 24.3 Å². The van der Waals surface area contributed by atoms with Crippen molar-refractivity contribution in [1.82, 2.24) is 4.90 Å². The van der Waals surface area contributed by atoms with Gasteiger partial charge in [0.1, 0.15) is 5.75 Å². The molecule has 1 rings (SSSR count). The highest BCUT2D eigenvalue weighted by Crippen LogP contribution is 2.12. The summed E-state index contributed by atoms with van der Waals surface area (Å²) in [5.74, 6) is 0.0903. The van der Waals surface area contributed by atoms with Crippen molar-refractivity contribution in [3.63, 3.8) is 0 Å². The molecule has 0 aliphatic heterocycles. The van der Waals surface area contributed by atoms with Crippen molar-refractivity contribution in [2.45, 2.75) is 19.5 Å². The number of likely N-dealkylation sites (N-methyl/N-ethyl adjacent to an activating group) is 1. The summed E-state index contributed by atoms with van der Waals surface area (Å²) in [6.07, 6.45) is 0. The van der Waals surface area contributed by atoms with E-state index >= 15 is 0 Å². The lowest BCUT2D eigenvalue weighted by Gasteiger charge is -2.19. The standard InChI is InChI=1S/C11H16N2O2/c1-8(12)11(15)13(2)7-9-4-3-5-10(14)6-9/h3-6,8,14H,7,12H2,1-2H3. The summed E-state index contributed by atoms with van der Waals surface area (Å²) >= 11 is 0. The van der Waals surface area contributed by atoms with Crippen LogP contribution in [0.25, 0.3) is 0 Å². The Bertz CT molecular complexity index is 350. The van der Waals surface area contributed by atoms with Crippen molar-refractivity contribution in [1.29, 1.82) is 0 Å². The maximum absolute atomic E-state index is 11.5. The molecule has 4 heteroatoms. The average molecular weight is 208 g/mol. The van der Waals surface area contributed by atoms with Crippen molar-refractivity contribution in [3.05, 3.63) is 29.8 Å². The zero-order chi connectivity index (χ0) is 11.4. The Kier molecular flexibility index (Phi) is 3.68. The summed E-state index contributed by atoms with van der Waals surface area (Å²) < 4.78 is 0. The lowest BCUT2D eigenvalue weighted by molar-refractivity contribution is -0.131. The van der Waals surface area contributed by atoms with Gasteiger partial charge in [0.05, 0.1) is 6.04 Å². The van der Waals surface area contributed by atoms with Crippen LogP contribution in [0, 0.1) is 0 Å². The molecule has 15 heavy (non-hydrogen) atoms. The maximum Gasteiger partial charge on any atom is 0.239 e. The number of hydrogen-bond acceptors (Lipinski definition) is 3. The Morgan fingerprint density at radius 2 is 2.27 bits per heavy atom. The molecule has 1 amide bonds. The monoisotopic (exact) mass is 208 g/mol. The lowest BCUT2D eigenvalue weighted by atomic mass is 10.2. The number of benzene rings is 1. The largest absolute Gasteiger partial charge is 0.508 e. The molecule has 3 N–H and O–H groups in total. The van der Waals surface area contributed by atoms with E-state index in [0.29, 0.717) is 6.54 Å². The molecule has 0 saturated heterocycles. The summed E-state index contributed by atoms with van der Waals surface area (Å²) in [6, 6.07) is 6.33. The summed E-state index contributed by atoms with van der Waals surface area (Å²) in [5, 5.41) is 9.25. The van der Waals surface area contributed by atoms with Crippen LogP contribution in [-0.2, 0) is 11.3 Å². The Balaban J connectivity index is 2.66. The molecule has 0 aliphatic rings. The maximum atomic E-state index is 11.5. The predicted molar refractivity (Wildman–Crippen MR) is 58.2 cm³/mol. The smallest absolute Gasteiger partial charge is 0.239 e. The zero-order valence-corrected chi connectivity index (χ0v) is 8.97. The first-order chi connectivity index (χ1) is 7.00. The minimum Gasteiger partial charge on any atom is -0.508 e. The molecule has 1 aromatic rings. The van der Waals surface area contributed by atoms with Crippen LogP contribution in [0.2, 0.25) is 0 Å². The summed E-state index contributed by atoms with van der Waals surface area (Å²) in [7, 11) is 1.69. The molecule has 4 nitrogen and oxygen atoms in total. The van der Waals surface area contributed by atoms with Crippen LogP contribution in [0.5, 0.6) is 5.75 Å². The predicted octanol–water partition coefficient (Wildman–Crippen LogP) is 0.698. The quantitative estimate of drug-likeness (QED) is 0.768. The van der Waals surface area contributed by atoms with Gasteiger partial charge in [-0.25, -0.2) is 0 Å². The summed E-state index contributed by atoms with van der Waals surface area (Å²) in [4.78, 5) is 13.0. The number of nitrogens with two attached hydrogens (primary N) is 1. The molecule has 0 bridgehead atoms. The number of carbonyl (C=O) groups excluding carboxylic acids is 1. The first kappa shape index (κ1) is 11.5. The van der Waals surface area contributed by atoms with E-state index in [1.807, 2.05) is 6.07 Å². The number of aromatic hydroxyl groups is 1. The molecule has 0 aliphatic carbocycles. The molecule has 1 atom stereocenters. The fourth-order valence-electron chi connectivity index (χ4n) is 1.35. The van der Waals surface area contributed by atoms with Crippen LogP contribution >= 0.6 is 0 Å². The Labute approximate surface area is 89.3 Å². The second kappa shape index (κ2) is 4.79. The molecule has 1 aromatic carbocycles. The molecule has 0 radical (unpaired) electrons. The highest BCUT2D eigenvalue weighted by Gasteiger charge is 2.13. The van der Waals surface area contributed by atoms with E-state index in [1.165, 1.54) is 0 Å². The topological polar surface area (TPSA) is 66.6 Å². The van der Waals surface area contributed by atoms with Gasteiger partial charge in [0.15, 0.2) is 0 Å². The van der Waals surface area contributed by atoms with E-state index in [2.05, 4.69) is 0 Å².